The van der Waals surface area contributed by atoms with Crippen molar-refractivity contribution >= 4 is 16.8 Å². The highest BCUT2D eigenvalue weighted by atomic mass is 16.7. The molecular weight excluding hydrogens is 274 g/mol. The Morgan fingerprint density at radius 3 is 2.55 bits per heavy atom. The van der Waals surface area contributed by atoms with Crippen LogP contribution in [0.25, 0.3) is 28.1 Å². The number of hydrogen-bond donors (Lipinski definition) is 0. The first-order chi connectivity index (χ1) is 10.8. The topological polar surface area (TPSA) is 31.4 Å². The minimum Gasteiger partial charge on any atom is -0.454 e. The molecule has 0 radical (unpaired) electrons. The highest BCUT2D eigenvalue weighted by Crippen LogP contribution is 2.40. The van der Waals surface area contributed by atoms with Crippen LogP contribution in [0.4, 0.5) is 0 Å². The highest BCUT2D eigenvalue weighted by Gasteiger charge is 2.19. The van der Waals surface area contributed by atoms with E-state index in [0.717, 1.165) is 34.7 Å². The van der Waals surface area contributed by atoms with Crippen LogP contribution in [-0.4, -0.2) is 11.8 Å². The smallest absolute Gasteiger partial charge is 0.231 e. The highest BCUT2D eigenvalue weighted by molar-refractivity contribution is 5.89. The van der Waals surface area contributed by atoms with Crippen molar-refractivity contribution in [3.63, 3.8) is 0 Å². The predicted octanol–water partition coefficient (Wildman–Crippen LogP) is 4.18. The van der Waals surface area contributed by atoms with E-state index in [2.05, 4.69) is 29.8 Å². The second-order valence-electron chi connectivity index (χ2n) is 5.71. The molecule has 0 unspecified atom stereocenters. The van der Waals surface area contributed by atoms with E-state index < -0.39 is 0 Å². The van der Waals surface area contributed by atoms with Gasteiger partial charge in [-0.2, -0.15) is 0 Å². The number of hydrogen-bond acceptors (Lipinski definition) is 3. The molecule has 3 heteroatoms. The Morgan fingerprint density at radius 1 is 0.955 bits per heavy atom. The third-order valence-electron chi connectivity index (χ3n) is 4.34. The fraction of sp³-hybridized carbons (Fsp3) is 0.105. The number of fused-ring (bicyclic) bond motifs is 3. The van der Waals surface area contributed by atoms with Gasteiger partial charge in [-0.1, -0.05) is 18.7 Å². The van der Waals surface area contributed by atoms with Gasteiger partial charge in [-0.05, 0) is 52.8 Å². The van der Waals surface area contributed by atoms with Crippen LogP contribution >= 0.6 is 0 Å². The number of nitrogens with zero attached hydrogens (tertiary/aromatic N) is 1. The van der Waals surface area contributed by atoms with Gasteiger partial charge in [0.2, 0.25) is 6.79 Å². The molecule has 0 N–H and O–H groups in total. The van der Waals surface area contributed by atoms with Crippen LogP contribution in [0.3, 0.4) is 0 Å². The van der Waals surface area contributed by atoms with Crippen LogP contribution in [0.1, 0.15) is 16.7 Å². The van der Waals surface area contributed by atoms with E-state index in [-0.39, 0.29) is 6.79 Å². The van der Waals surface area contributed by atoms with Crippen LogP contribution in [0.5, 0.6) is 11.5 Å². The molecule has 0 saturated carbocycles. The molecule has 2 heterocycles. The molecule has 3 aromatic rings. The van der Waals surface area contributed by atoms with Crippen LogP contribution in [0, 0.1) is 0 Å². The van der Waals surface area contributed by atoms with E-state index in [9.17, 15) is 0 Å². The van der Waals surface area contributed by atoms with Gasteiger partial charge in [0, 0.05) is 17.1 Å². The van der Waals surface area contributed by atoms with Crippen molar-refractivity contribution in [3.05, 3.63) is 59.8 Å². The van der Waals surface area contributed by atoms with Crippen molar-refractivity contribution in [3.8, 4) is 22.8 Å². The third kappa shape index (κ3) is 1.65. The van der Waals surface area contributed by atoms with Crippen molar-refractivity contribution in [2.45, 2.75) is 6.42 Å². The lowest BCUT2D eigenvalue weighted by atomic mass is 10.0. The van der Waals surface area contributed by atoms with E-state index in [0.29, 0.717) is 0 Å². The standard InChI is InChI=1S/C19H13NO2/c1-2-11-7-18-19(22-10-21-18)8-16(11)17-6-14-4-12-3-13(12)5-15(14)9-20-17/h2,4-9H,1,3,10H2. The van der Waals surface area contributed by atoms with Crippen LogP contribution < -0.4 is 9.47 Å². The molecule has 0 bridgehead atoms. The fourth-order valence-electron chi connectivity index (χ4n) is 3.05. The number of pyridine rings is 1. The summed E-state index contributed by atoms with van der Waals surface area (Å²) in [6.45, 7) is 4.17. The average molecular weight is 287 g/mol. The SMILES string of the molecule is C=Cc1cc2c(cc1-c1cc3cc4c(cc3cn1)C4)OCO2. The molecule has 2 aliphatic rings. The Morgan fingerprint density at radius 2 is 1.73 bits per heavy atom. The molecule has 1 aliphatic carbocycles. The molecule has 0 atom stereocenters. The van der Waals surface area contributed by atoms with Crippen molar-refractivity contribution < 1.29 is 9.47 Å². The van der Waals surface area contributed by atoms with Crippen molar-refractivity contribution in [2.75, 3.05) is 6.79 Å². The molecule has 0 saturated heterocycles. The second kappa shape index (κ2) is 4.10. The maximum Gasteiger partial charge on any atom is 0.231 e. The summed E-state index contributed by atoms with van der Waals surface area (Å²) in [5.41, 5.74) is 5.84. The first-order valence-electron chi connectivity index (χ1n) is 7.30. The first-order valence-corrected chi connectivity index (χ1v) is 7.30. The van der Waals surface area contributed by atoms with Gasteiger partial charge in [-0.25, -0.2) is 0 Å². The molecule has 0 spiro atoms. The first kappa shape index (κ1) is 11.8. The molecule has 1 aliphatic heterocycles. The number of benzene rings is 2. The summed E-state index contributed by atoms with van der Waals surface area (Å²) in [6, 6.07) is 10.6. The predicted molar refractivity (Wildman–Crippen MR) is 86.2 cm³/mol. The Kier molecular flexibility index (Phi) is 2.20. The maximum atomic E-state index is 5.49. The van der Waals surface area contributed by atoms with Gasteiger partial charge in [0.15, 0.2) is 11.5 Å². The fourth-order valence-corrected chi connectivity index (χ4v) is 3.05. The van der Waals surface area contributed by atoms with Gasteiger partial charge in [0.25, 0.3) is 0 Å². The van der Waals surface area contributed by atoms with E-state index in [1.807, 2.05) is 24.4 Å². The monoisotopic (exact) mass is 287 g/mol. The Labute approximate surface area is 127 Å². The summed E-state index contributed by atoms with van der Waals surface area (Å²) in [7, 11) is 0. The van der Waals surface area contributed by atoms with Crippen molar-refractivity contribution in [2.24, 2.45) is 0 Å². The summed E-state index contributed by atoms with van der Waals surface area (Å²) >= 11 is 0. The number of aromatic nitrogens is 1. The lowest BCUT2D eigenvalue weighted by molar-refractivity contribution is 0.174. The average Bonchev–Trinajstić information content (AvgIpc) is 3.14. The minimum atomic E-state index is 0.270. The van der Waals surface area contributed by atoms with Crippen LogP contribution in [0.15, 0.2) is 43.1 Å². The molecule has 0 amide bonds. The number of ether oxygens (including phenoxy) is 2. The third-order valence-corrected chi connectivity index (χ3v) is 4.34. The molecule has 5 rings (SSSR count). The Balaban J connectivity index is 1.72. The summed E-state index contributed by atoms with van der Waals surface area (Å²) in [6.07, 6.45) is 4.89. The largest absolute Gasteiger partial charge is 0.454 e. The van der Waals surface area contributed by atoms with Gasteiger partial charge in [-0.15, -0.1) is 0 Å². The molecule has 0 fully saturated rings. The zero-order valence-electron chi connectivity index (χ0n) is 11.9. The molecular formula is C19H13NO2. The maximum absolute atomic E-state index is 5.49. The van der Waals surface area contributed by atoms with E-state index in [1.165, 1.54) is 21.9 Å². The Bertz CT molecular complexity index is 959. The zero-order chi connectivity index (χ0) is 14.7. The zero-order valence-corrected chi connectivity index (χ0v) is 11.9. The lowest BCUT2D eigenvalue weighted by Crippen LogP contribution is -1.92. The van der Waals surface area contributed by atoms with Crippen molar-refractivity contribution in [1.29, 1.82) is 0 Å². The molecule has 106 valence electrons. The molecule has 1 aromatic heterocycles. The van der Waals surface area contributed by atoms with E-state index in [1.54, 1.807) is 0 Å². The molecule has 22 heavy (non-hydrogen) atoms. The lowest BCUT2D eigenvalue weighted by Gasteiger charge is -2.08. The minimum absolute atomic E-state index is 0.270. The summed E-state index contributed by atoms with van der Waals surface area (Å²) in [5, 5.41) is 2.43. The normalized spacial score (nSPS) is 14.0. The van der Waals surface area contributed by atoms with Gasteiger partial charge in [0.1, 0.15) is 0 Å². The van der Waals surface area contributed by atoms with Crippen LogP contribution in [-0.2, 0) is 6.42 Å². The molecule has 2 aromatic carbocycles. The Hall–Kier alpha value is -2.81. The van der Waals surface area contributed by atoms with E-state index >= 15 is 0 Å². The van der Waals surface area contributed by atoms with Gasteiger partial charge in [0.05, 0.1) is 5.69 Å². The van der Waals surface area contributed by atoms with Gasteiger partial charge < -0.3 is 9.47 Å². The van der Waals surface area contributed by atoms with Gasteiger partial charge in [-0.3, -0.25) is 4.98 Å². The molecule has 3 nitrogen and oxygen atoms in total. The van der Waals surface area contributed by atoms with E-state index in [4.69, 9.17) is 9.47 Å². The summed E-state index contributed by atoms with van der Waals surface area (Å²) in [4.78, 5) is 4.63. The quantitative estimate of drug-likeness (QED) is 0.554. The van der Waals surface area contributed by atoms with Gasteiger partial charge >= 0.3 is 0 Å². The van der Waals surface area contributed by atoms with Crippen LogP contribution in [0.2, 0.25) is 0 Å². The summed E-state index contributed by atoms with van der Waals surface area (Å²) in [5.74, 6) is 1.53. The van der Waals surface area contributed by atoms with Crippen molar-refractivity contribution in [1.82, 2.24) is 4.98 Å². The second-order valence-corrected chi connectivity index (χ2v) is 5.71. The summed E-state index contributed by atoms with van der Waals surface area (Å²) < 4.78 is 10.9. The number of rotatable bonds is 2.